The molecule has 29 heavy (non-hydrogen) atoms. The molecule has 1 heterocycles. The summed E-state index contributed by atoms with van der Waals surface area (Å²) in [6.45, 7) is 8.46. The lowest BCUT2D eigenvalue weighted by Crippen LogP contribution is -2.46. The maximum absolute atomic E-state index is 13.0. The lowest BCUT2D eigenvalue weighted by Gasteiger charge is -2.30. The van der Waals surface area contributed by atoms with Crippen LogP contribution in [-0.4, -0.2) is 24.7 Å². The fourth-order valence-electron chi connectivity index (χ4n) is 3.31. The van der Waals surface area contributed by atoms with Crippen molar-refractivity contribution >= 4 is 12.0 Å². The molecule has 1 unspecified atom stereocenters. The summed E-state index contributed by atoms with van der Waals surface area (Å²) in [5.41, 5.74) is 1.85. The van der Waals surface area contributed by atoms with Crippen LogP contribution in [0.5, 0.6) is 5.75 Å². The van der Waals surface area contributed by atoms with E-state index in [9.17, 15) is 9.59 Å². The summed E-state index contributed by atoms with van der Waals surface area (Å²) >= 11 is 0. The largest absolute Gasteiger partial charge is 0.493 e. The number of nitrogens with one attached hydrogen (secondary N) is 2. The van der Waals surface area contributed by atoms with E-state index in [4.69, 9.17) is 9.47 Å². The summed E-state index contributed by atoms with van der Waals surface area (Å²) < 4.78 is 11.5. The SMILES string of the molecule is CCCCCOc1ccccc1C1NC(=O)NC(CCCC)=C1C(=O)OC(C)C. The Morgan fingerprint density at radius 2 is 1.83 bits per heavy atom. The molecule has 2 amide bonds. The number of carbonyl (C=O) groups excluding carboxylic acids is 2. The molecule has 0 fully saturated rings. The van der Waals surface area contributed by atoms with Crippen molar-refractivity contribution in [3.8, 4) is 5.75 Å². The van der Waals surface area contributed by atoms with Gasteiger partial charge in [0.2, 0.25) is 0 Å². The number of para-hydroxylation sites is 1. The van der Waals surface area contributed by atoms with E-state index < -0.39 is 12.0 Å². The van der Waals surface area contributed by atoms with Gasteiger partial charge in [0.05, 0.1) is 24.3 Å². The Kier molecular flexibility index (Phi) is 9.03. The van der Waals surface area contributed by atoms with Crippen molar-refractivity contribution in [2.24, 2.45) is 0 Å². The number of unbranched alkanes of at least 4 members (excludes halogenated alkanes) is 3. The highest BCUT2D eigenvalue weighted by Gasteiger charge is 2.35. The lowest BCUT2D eigenvalue weighted by molar-refractivity contribution is -0.143. The molecule has 0 aromatic heterocycles. The second-order valence-corrected chi connectivity index (χ2v) is 7.57. The van der Waals surface area contributed by atoms with Crippen molar-refractivity contribution in [1.29, 1.82) is 0 Å². The van der Waals surface area contributed by atoms with Crippen LogP contribution in [-0.2, 0) is 9.53 Å². The van der Waals surface area contributed by atoms with Gasteiger partial charge >= 0.3 is 12.0 Å². The molecule has 2 N–H and O–H groups in total. The molecule has 0 aliphatic carbocycles. The molecule has 6 nitrogen and oxygen atoms in total. The van der Waals surface area contributed by atoms with Crippen LogP contribution in [0.1, 0.15) is 77.8 Å². The van der Waals surface area contributed by atoms with Crippen molar-refractivity contribution in [1.82, 2.24) is 10.6 Å². The van der Waals surface area contributed by atoms with E-state index >= 15 is 0 Å². The lowest BCUT2D eigenvalue weighted by atomic mass is 9.93. The third kappa shape index (κ3) is 6.51. The van der Waals surface area contributed by atoms with E-state index in [0.717, 1.165) is 37.7 Å². The first-order valence-electron chi connectivity index (χ1n) is 10.7. The van der Waals surface area contributed by atoms with Crippen LogP contribution in [0.15, 0.2) is 35.5 Å². The predicted molar refractivity (Wildman–Crippen MR) is 114 cm³/mol. The first-order valence-corrected chi connectivity index (χ1v) is 10.7. The maximum atomic E-state index is 13.0. The van der Waals surface area contributed by atoms with Gasteiger partial charge in [-0.05, 0) is 39.2 Å². The number of esters is 1. The maximum Gasteiger partial charge on any atom is 0.338 e. The molecular formula is C23H34N2O4. The zero-order valence-corrected chi connectivity index (χ0v) is 18.0. The smallest absolute Gasteiger partial charge is 0.338 e. The average molecular weight is 403 g/mol. The molecule has 0 spiro atoms. The molecule has 0 saturated heterocycles. The zero-order chi connectivity index (χ0) is 21.2. The van der Waals surface area contributed by atoms with Gasteiger partial charge in [-0.25, -0.2) is 9.59 Å². The van der Waals surface area contributed by atoms with Crippen LogP contribution in [0.2, 0.25) is 0 Å². The molecule has 2 rings (SSSR count). The third-order valence-electron chi connectivity index (χ3n) is 4.73. The number of rotatable bonds is 11. The van der Waals surface area contributed by atoms with Gasteiger partial charge in [0, 0.05) is 11.3 Å². The minimum absolute atomic E-state index is 0.249. The number of ether oxygens (including phenoxy) is 2. The van der Waals surface area contributed by atoms with E-state index in [1.165, 1.54) is 0 Å². The molecule has 1 aromatic carbocycles. The van der Waals surface area contributed by atoms with Gasteiger partial charge in [0.15, 0.2) is 0 Å². The van der Waals surface area contributed by atoms with Crippen molar-refractivity contribution in [3.63, 3.8) is 0 Å². The van der Waals surface area contributed by atoms with E-state index in [1.54, 1.807) is 0 Å². The van der Waals surface area contributed by atoms with Crippen molar-refractivity contribution < 1.29 is 19.1 Å². The van der Waals surface area contributed by atoms with Gasteiger partial charge in [0.25, 0.3) is 0 Å². The van der Waals surface area contributed by atoms with E-state index in [1.807, 2.05) is 38.1 Å². The summed E-state index contributed by atoms with van der Waals surface area (Å²) in [6, 6.07) is 6.64. The van der Waals surface area contributed by atoms with E-state index in [0.29, 0.717) is 30.0 Å². The fraction of sp³-hybridized carbons (Fsp3) is 0.565. The molecule has 0 radical (unpaired) electrons. The first kappa shape index (κ1) is 22.8. The third-order valence-corrected chi connectivity index (χ3v) is 4.73. The van der Waals surface area contributed by atoms with Crippen LogP contribution < -0.4 is 15.4 Å². The molecule has 1 aliphatic rings. The van der Waals surface area contributed by atoms with Crippen molar-refractivity contribution in [2.45, 2.75) is 78.4 Å². The monoisotopic (exact) mass is 402 g/mol. The van der Waals surface area contributed by atoms with E-state index in [2.05, 4.69) is 24.5 Å². The standard InChI is InChI=1S/C23H34N2O4/c1-5-7-11-15-28-19-14-10-9-12-17(19)21-20(22(26)29-16(3)4)18(13-8-6-2)24-23(27)25-21/h9-10,12,14,16,21H,5-8,11,13,15H2,1-4H3,(H2,24,25,27). The quantitative estimate of drug-likeness (QED) is 0.403. The Labute approximate surface area is 174 Å². The number of hydrogen-bond acceptors (Lipinski definition) is 4. The zero-order valence-electron chi connectivity index (χ0n) is 18.0. The van der Waals surface area contributed by atoms with Gasteiger partial charge in [0.1, 0.15) is 5.75 Å². The summed E-state index contributed by atoms with van der Waals surface area (Å²) in [4.78, 5) is 25.3. The van der Waals surface area contributed by atoms with Crippen LogP contribution >= 0.6 is 0 Å². The molecule has 0 bridgehead atoms. The van der Waals surface area contributed by atoms with Crippen LogP contribution in [0.4, 0.5) is 4.79 Å². The number of carbonyl (C=O) groups is 2. The summed E-state index contributed by atoms with van der Waals surface area (Å²) in [6.07, 6.45) is 5.37. The first-order chi connectivity index (χ1) is 14.0. The Balaban J connectivity index is 2.41. The second kappa shape index (κ2) is 11.5. The second-order valence-electron chi connectivity index (χ2n) is 7.57. The minimum atomic E-state index is -0.607. The van der Waals surface area contributed by atoms with Gasteiger partial charge < -0.3 is 20.1 Å². The Morgan fingerprint density at radius 3 is 2.52 bits per heavy atom. The van der Waals surface area contributed by atoms with Crippen LogP contribution in [0.3, 0.4) is 0 Å². The Hall–Kier alpha value is -2.50. The molecule has 1 atom stereocenters. The minimum Gasteiger partial charge on any atom is -0.493 e. The van der Waals surface area contributed by atoms with Gasteiger partial charge in [-0.1, -0.05) is 51.3 Å². The number of hydrogen-bond donors (Lipinski definition) is 2. The normalized spacial score (nSPS) is 16.4. The Bertz CT molecular complexity index is 727. The van der Waals surface area contributed by atoms with Gasteiger partial charge in [-0.3, -0.25) is 0 Å². The number of amides is 2. The van der Waals surface area contributed by atoms with Crippen molar-refractivity contribution in [3.05, 3.63) is 41.1 Å². The molecule has 1 aliphatic heterocycles. The number of allylic oxidation sites excluding steroid dienone is 1. The van der Waals surface area contributed by atoms with Crippen LogP contribution in [0, 0.1) is 0 Å². The molecule has 160 valence electrons. The molecular weight excluding hydrogens is 368 g/mol. The van der Waals surface area contributed by atoms with Crippen molar-refractivity contribution in [2.75, 3.05) is 6.61 Å². The highest BCUT2D eigenvalue weighted by Crippen LogP contribution is 2.35. The molecule has 1 aromatic rings. The van der Waals surface area contributed by atoms with E-state index in [-0.39, 0.29) is 12.1 Å². The number of urea groups is 1. The highest BCUT2D eigenvalue weighted by molar-refractivity contribution is 5.95. The average Bonchev–Trinajstić information content (AvgIpc) is 2.68. The topological polar surface area (TPSA) is 76.7 Å². The summed E-state index contributed by atoms with van der Waals surface area (Å²) in [7, 11) is 0. The molecule has 0 saturated carbocycles. The van der Waals surface area contributed by atoms with Crippen LogP contribution in [0.25, 0.3) is 0 Å². The predicted octanol–water partition coefficient (Wildman–Crippen LogP) is 5.01. The molecule has 6 heteroatoms. The summed E-state index contributed by atoms with van der Waals surface area (Å²) in [5.74, 6) is 0.268. The fourth-order valence-corrected chi connectivity index (χ4v) is 3.31. The van der Waals surface area contributed by atoms with Gasteiger partial charge in [-0.15, -0.1) is 0 Å². The highest BCUT2D eigenvalue weighted by atomic mass is 16.5. The summed E-state index contributed by atoms with van der Waals surface area (Å²) in [5, 5.41) is 5.72. The Morgan fingerprint density at radius 1 is 1.10 bits per heavy atom. The number of benzene rings is 1. The van der Waals surface area contributed by atoms with Gasteiger partial charge in [-0.2, -0.15) is 0 Å².